The molecule has 0 spiro atoms. The molecule has 0 radical (unpaired) electrons. The van der Waals surface area contributed by atoms with Gasteiger partial charge in [0.1, 0.15) is 11.8 Å². The van der Waals surface area contributed by atoms with E-state index in [0.29, 0.717) is 17.2 Å². The lowest BCUT2D eigenvalue weighted by molar-refractivity contribution is 0.0680. The Morgan fingerprint density at radius 2 is 2.23 bits per heavy atom. The Hall–Kier alpha value is -2.69. The van der Waals surface area contributed by atoms with Gasteiger partial charge in [0.2, 0.25) is 5.65 Å². The van der Waals surface area contributed by atoms with E-state index in [1.165, 1.54) is 12.6 Å². The molecule has 2 aromatic heterocycles. The van der Waals surface area contributed by atoms with Crippen LogP contribution in [0.5, 0.6) is 0 Å². The SMILES string of the molecule is CC1CCCCC1Nc1c(C#N)cnn2c(C(=O)O)nnc12. The molecular formula is C14H16N6O2. The first-order chi connectivity index (χ1) is 10.6. The van der Waals surface area contributed by atoms with E-state index in [1.54, 1.807) is 0 Å². The second-order valence-corrected chi connectivity index (χ2v) is 5.62. The van der Waals surface area contributed by atoms with E-state index in [-0.39, 0.29) is 17.5 Å². The van der Waals surface area contributed by atoms with Crippen molar-refractivity contribution in [1.29, 1.82) is 5.26 Å². The molecule has 2 atom stereocenters. The lowest BCUT2D eigenvalue weighted by Crippen LogP contribution is -2.31. The third-order valence-corrected chi connectivity index (χ3v) is 4.19. The maximum absolute atomic E-state index is 11.1. The molecule has 1 saturated carbocycles. The lowest BCUT2D eigenvalue weighted by Gasteiger charge is -2.30. The number of carbonyl (C=O) groups is 1. The quantitative estimate of drug-likeness (QED) is 0.885. The summed E-state index contributed by atoms with van der Waals surface area (Å²) in [4.78, 5) is 11.1. The largest absolute Gasteiger partial charge is 0.475 e. The second-order valence-electron chi connectivity index (χ2n) is 5.62. The van der Waals surface area contributed by atoms with Crippen LogP contribution in [0.25, 0.3) is 5.65 Å². The van der Waals surface area contributed by atoms with Gasteiger partial charge in [-0.25, -0.2) is 4.79 Å². The Bertz CT molecular complexity index is 763. The van der Waals surface area contributed by atoms with Gasteiger partial charge in [-0.05, 0) is 18.8 Å². The molecule has 0 aromatic carbocycles. The Morgan fingerprint density at radius 3 is 2.91 bits per heavy atom. The molecule has 2 N–H and O–H groups in total. The molecule has 2 aromatic rings. The van der Waals surface area contributed by atoms with Gasteiger partial charge in [-0.2, -0.15) is 14.9 Å². The van der Waals surface area contributed by atoms with Crippen molar-refractivity contribution in [3.8, 4) is 6.07 Å². The van der Waals surface area contributed by atoms with Crippen molar-refractivity contribution in [2.75, 3.05) is 5.32 Å². The molecule has 1 aliphatic rings. The predicted octanol–water partition coefficient (Wildman–Crippen LogP) is 1.68. The van der Waals surface area contributed by atoms with Crippen LogP contribution in [-0.2, 0) is 0 Å². The molecule has 114 valence electrons. The van der Waals surface area contributed by atoms with Gasteiger partial charge in [0.25, 0.3) is 5.82 Å². The number of nitrogens with zero attached hydrogens (tertiary/aromatic N) is 5. The van der Waals surface area contributed by atoms with E-state index in [4.69, 9.17) is 5.11 Å². The normalized spacial score (nSPS) is 21.5. The van der Waals surface area contributed by atoms with Gasteiger partial charge >= 0.3 is 5.97 Å². The fourth-order valence-electron chi connectivity index (χ4n) is 2.92. The summed E-state index contributed by atoms with van der Waals surface area (Å²) in [5.41, 5.74) is 1.13. The number of fused-ring (bicyclic) bond motifs is 1. The fraction of sp³-hybridized carbons (Fsp3) is 0.500. The van der Waals surface area contributed by atoms with Crippen LogP contribution in [0.15, 0.2) is 6.20 Å². The Labute approximate surface area is 126 Å². The van der Waals surface area contributed by atoms with Crippen LogP contribution in [0, 0.1) is 17.2 Å². The second kappa shape index (κ2) is 5.60. The summed E-state index contributed by atoms with van der Waals surface area (Å²) in [5.74, 6) is -0.990. The van der Waals surface area contributed by atoms with Gasteiger partial charge in [0, 0.05) is 6.04 Å². The molecule has 8 nitrogen and oxygen atoms in total. The zero-order chi connectivity index (χ0) is 15.7. The molecular weight excluding hydrogens is 284 g/mol. The standard InChI is InChI=1S/C14H16N6O2/c1-8-4-2-3-5-10(8)17-11-9(6-15)7-16-20-12(11)18-19-13(20)14(21)22/h7-8,10,17H,2-5H2,1H3,(H,21,22). The molecule has 0 amide bonds. The highest BCUT2D eigenvalue weighted by molar-refractivity contribution is 5.85. The third kappa shape index (κ3) is 2.35. The zero-order valence-electron chi connectivity index (χ0n) is 12.2. The highest BCUT2D eigenvalue weighted by atomic mass is 16.4. The van der Waals surface area contributed by atoms with E-state index in [9.17, 15) is 10.1 Å². The highest BCUT2D eigenvalue weighted by Crippen LogP contribution is 2.29. The average Bonchev–Trinajstić information content (AvgIpc) is 2.94. The van der Waals surface area contributed by atoms with Gasteiger partial charge in [0.05, 0.1) is 11.8 Å². The van der Waals surface area contributed by atoms with E-state index in [1.807, 2.05) is 0 Å². The number of aromatic carboxylic acids is 1. The maximum atomic E-state index is 11.1. The number of hydrogen-bond donors (Lipinski definition) is 2. The molecule has 2 unspecified atom stereocenters. The summed E-state index contributed by atoms with van der Waals surface area (Å²) in [7, 11) is 0. The van der Waals surface area contributed by atoms with Gasteiger partial charge in [-0.15, -0.1) is 10.2 Å². The number of nitriles is 1. The summed E-state index contributed by atoms with van der Waals surface area (Å²) < 4.78 is 1.15. The number of rotatable bonds is 3. The minimum Gasteiger partial charge on any atom is -0.475 e. The van der Waals surface area contributed by atoms with Crippen LogP contribution >= 0.6 is 0 Å². The molecule has 2 heterocycles. The minimum absolute atomic E-state index is 0.233. The van der Waals surface area contributed by atoms with E-state index >= 15 is 0 Å². The predicted molar refractivity (Wildman–Crippen MR) is 77.5 cm³/mol. The van der Waals surface area contributed by atoms with Gasteiger partial charge in [0.15, 0.2) is 0 Å². The lowest BCUT2D eigenvalue weighted by atomic mass is 9.86. The topological polar surface area (TPSA) is 116 Å². The molecule has 8 heteroatoms. The fourth-order valence-corrected chi connectivity index (χ4v) is 2.92. The van der Waals surface area contributed by atoms with Crippen LogP contribution in [0.1, 0.15) is 48.8 Å². The molecule has 22 heavy (non-hydrogen) atoms. The van der Waals surface area contributed by atoms with E-state index in [2.05, 4.69) is 33.6 Å². The van der Waals surface area contributed by atoms with Crippen LogP contribution in [0.2, 0.25) is 0 Å². The number of aromatic nitrogens is 4. The van der Waals surface area contributed by atoms with E-state index < -0.39 is 5.97 Å². The first-order valence-corrected chi connectivity index (χ1v) is 7.26. The van der Waals surface area contributed by atoms with Crippen molar-refractivity contribution in [3.05, 3.63) is 17.6 Å². The monoisotopic (exact) mass is 300 g/mol. The van der Waals surface area contributed by atoms with Crippen LogP contribution < -0.4 is 5.32 Å². The molecule has 0 saturated heterocycles. The van der Waals surface area contributed by atoms with Gasteiger partial charge < -0.3 is 10.4 Å². The van der Waals surface area contributed by atoms with Crippen molar-refractivity contribution in [1.82, 2.24) is 19.8 Å². The number of hydrogen-bond acceptors (Lipinski definition) is 6. The molecule has 1 aliphatic carbocycles. The van der Waals surface area contributed by atoms with Crippen molar-refractivity contribution in [2.24, 2.45) is 5.92 Å². The van der Waals surface area contributed by atoms with Crippen molar-refractivity contribution >= 4 is 17.3 Å². The van der Waals surface area contributed by atoms with Crippen LogP contribution in [0.4, 0.5) is 5.69 Å². The average molecular weight is 300 g/mol. The first kappa shape index (κ1) is 14.3. The first-order valence-electron chi connectivity index (χ1n) is 7.26. The summed E-state index contributed by atoms with van der Waals surface area (Å²) in [5, 5.41) is 33.2. The van der Waals surface area contributed by atoms with Crippen LogP contribution in [0.3, 0.4) is 0 Å². The van der Waals surface area contributed by atoms with Crippen LogP contribution in [-0.4, -0.2) is 36.9 Å². The van der Waals surface area contributed by atoms with Gasteiger partial charge in [-0.3, -0.25) is 0 Å². The van der Waals surface area contributed by atoms with E-state index in [0.717, 1.165) is 23.8 Å². The highest BCUT2D eigenvalue weighted by Gasteiger charge is 2.25. The Balaban J connectivity index is 2.06. The minimum atomic E-state index is -1.21. The third-order valence-electron chi connectivity index (χ3n) is 4.19. The van der Waals surface area contributed by atoms with Gasteiger partial charge in [-0.1, -0.05) is 19.8 Å². The summed E-state index contributed by atoms with van der Waals surface area (Å²) >= 11 is 0. The molecule has 3 rings (SSSR count). The molecule has 0 bridgehead atoms. The number of carboxylic acid groups (broad SMARTS) is 1. The number of carboxylic acids is 1. The van der Waals surface area contributed by atoms with Crippen molar-refractivity contribution < 1.29 is 9.90 Å². The maximum Gasteiger partial charge on any atom is 0.375 e. The molecule has 0 aliphatic heterocycles. The zero-order valence-corrected chi connectivity index (χ0v) is 12.2. The number of nitrogens with one attached hydrogen (secondary N) is 1. The summed E-state index contributed by atoms with van der Waals surface area (Å²) in [6.45, 7) is 2.17. The van der Waals surface area contributed by atoms with Crippen molar-refractivity contribution in [2.45, 2.75) is 38.6 Å². The molecule has 1 fully saturated rings. The smallest absolute Gasteiger partial charge is 0.375 e. The Kier molecular flexibility index (Phi) is 3.63. The Morgan fingerprint density at radius 1 is 1.45 bits per heavy atom. The summed E-state index contributed by atoms with van der Waals surface area (Å²) in [6, 6.07) is 2.31. The summed E-state index contributed by atoms with van der Waals surface area (Å²) in [6.07, 6.45) is 5.84. The van der Waals surface area contributed by atoms with Crippen molar-refractivity contribution in [3.63, 3.8) is 0 Å². The number of anilines is 1.